The Bertz CT molecular complexity index is 2150. The molecule has 15 heteroatoms. The summed E-state index contributed by atoms with van der Waals surface area (Å²) in [6.07, 6.45) is 8.46. The maximum atomic E-state index is 13.1. The second-order valence-electron chi connectivity index (χ2n) is 17.4. The van der Waals surface area contributed by atoms with E-state index in [1.807, 2.05) is 18.2 Å². The fraction of sp³-hybridized carbons (Fsp3) is 0.523. The van der Waals surface area contributed by atoms with Crippen LogP contribution in [0, 0.1) is 22.7 Å². The fourth-order valence-corrected chi connectivity index (χ4v) is 10.2. The second-order valence-corrected chi connectivity index (χ2v) is 17.8. The van der Waals surface area contributed by atoms with Crippen molar-refractivity contribution in [2.75, 3.05) is 55.6 Å². The Labute approximate surface area is 349 Å². The van der Waals surface area contributed by atoms with Crippen LogP contribution in [-0.2, 0) is 16.1 Å². The number of likely N-dealkylation sites (tertiary alicyclic amines) is 1. The summed E-state index contributed by atoms with van der Waals surface area (Å²) >= 11 is 6.15. The lowest BCUT2D eigenvalue weighted by atomic mass is 9.71. The number of imide groups is 1. The molecule has 4 amide bonds. The third-order valence-corrected chi connectivity index (χ3v) is 13.9. The number of benzene rings is 2. The number of halogens is 1. The van der Waals surface area contributed by atoms with Gasteiger partial charge in [-0.1, -0.05) is 11.6 Å². The molecule has 1 aromatic heterocycles. The third-order valence-electron chi connectivity index (χ3n) is 13.6. The summed E-state index contributed by atoms with van der Waals surface area (Å²) in [5.41, 5.74) is 3.84. The van der Waals surface area contributed by atoms with E-state index in [-0.39, 0.29) is 42.2 Å². The van der Waals surface area contributed by atoms with Crippen LogP contribution in [-0.4, -0.2) is 108 Å². The number of carbonyl (C=O) groups is 4. The van der Waals surface area contributed by atoms with Crippen LogP contribution >= 0.6 is 11.6 Å². The van der Waals surface area contributed by atoms with Gasteiger partial charge in [-0.3, -0.25) is 24.5 Å². The minimum Gasteiger partial charge on any atom is -0.490 e. The molecule has 1 aliphatic carbocycles. The van der Waals surface area contributed by atoms with E-state index in [9.17, 15) is 19.2 Å². The number of hydrogen-bond acceptors (Lipinski definition) is 11. The molecule has 6 heterocycles. The molecule has 3 aromatic rings. The molecule has 5 fully saturated rings. The van der Waals surface area contributed by atoms with E-state index in [0.717, 1.165) is 101 Å². The highest BCUT2D eigenvalue weighted by molar-refractivity contribution is 6.31. The van der Waals surface area contributed by atoms with Gasteiger partial charge >= 0.3 is 0 Å². The molecule has 59 heavy (non-hydrogen) atoms. The number of nitriles is 1. The predicted octanol–water partition coefficient (Wildman–Crippen LogP) is 4.70. The van der Waals surface area contributed by atoms with Gasteiger partial charge in [0, 0.05) is 74.5 Å². The monoisotopic (exact) mass is 819 g/mol. The number of fused-ring (bicyclic) bond motifs is 1. The lowest BCUT2D eigenvalue weighted by Crippen LogP contribution is -2.60. The molecule has 1 saturated carbocycles. The van der Waals surface area contributed by atoms with Gasteiger partial charge < -0.3 is 29.7 Å². The second kappa shape index (κ2) is 16.4. The van der Waals surface area contributed by atoms with Gasteiger partial charge in [-0.15, -0.1) is 10.2 Å². The van der Waals surface area contributed by atoms with Gasteiger partial charge in [0.05, 0.1) is 16.7 Å². The van der Waals surface area contributed by atoms with E-state index >= 15 is 0 Å². The van der Waals surface area contributed by atoms with Crippen molar-refractivity contribution in [2.45, 2.75) is 88.9 Å². The highest BCUT2D eigenvalue weighted by Gasteiger charge is 2.46. The number of nitrogens with one attached hydrogen (secondary N) is 2. The molecular formula is C44H50ClN9O5. The Morgan fingerprint density at radius 3 is 2.39 bits per heavy atom. The maximum absolute atomic E-state index is 13.1. The van der Waals surface area contributed by atoms with Gasteiger partial charge in [-0.25, -0.2) is 0 Å². The van der Waals surface area contributed by atoms with Crippen LogP contribution in [0.4, 0.5) is 11.5 Å². The molecule has 1 atom stereocenters. The first-order valence-electron chi connectivity index (χ1n) is 21.1. The average Bonchev–Trinajstić information content (AvgIpc) is 3.56. The minimum atomic E-state index is -0.593. The van der Waals surface area contributed by atoms with E-state index in [2.05, 4.69) is 47.7 Å². The minimum absolute atomic E-state index is 0.0331. The SMILES string of the molecule is N#Cc1ccc(OC2CCC(NC(=O)c3ccc(N4CCC(CN5CCC6(CC5)CN(c5ccc7c(c5)CN(C5CCC(=O)NC5=O)C7=O)C6)CC4)nn3)CC2)cc1Cl. The number of hydrogen-bond donors (Lipinski definition) is 2. The molecule has 308 valence electrons. The van der Waals surface area contributed by atoms with Crippen molar-refractivity contribution in [1.29, 1.82) is 5.26 Å². The Hall–Kier alpha value is -5.26. The van der Waals surface area contributed by atoms with Crippen LogP contribution in [0.1, 0.15) is 96.2 Å². The summed E-state index contributed by atoms with van der Waals surface area (Å²) in [4.78, 5) is 59.2. The van der Waals surface area contributed by atoms with Crippen molar-refractivity contribution in [3.8, 4) is 11.8 Å². The Kier molecular flexibility index (Phi) is 10.9. The quantitative estimate of drug-likeness (QED) is 0.288. The van der Waals surface area contributed by atoms with Gasteiger partial charge in [0.2, 0.25) is 11.8 Å². The Balaban J connectivity index is 0.675. The summed E-state index contributed by atoms with van der Waals surface area (Å²) in [5.74, 6) is 1.13. The van der Waals surface area contributed by atoms with E-state index in [4.69, 9.17) is 21.6 Å². The van der Waals surface area contributed by atoms with Gasteiger partial charge in [-0.2, -0.15) is 5.26 Å². The Morgan fingerprint density at radius 1 is 0.915 bits per heavy atom. The first kappa shape index (κ1) is 39.2. The van der Waals surface area contributed by atoms with Gasteiger partial charge in [0.1, 0.15) is 17.9 Å². The Morgan fingerprint density at radius 2 is 1.69 bits per heavy atom. The van der Waals surface area contributed by atoms with Crippen LogP contribution in [0.2, 0.25) is 5.02 Å². The molecule has 1 spiro atoms. The fourth-order valence-electron chi connectivity index (χ4n) is 9.99. The number of rotatable bonds is 9. The largest absolute Gasteiger partial charge is 0.490 e. The topological polar surface area (TPSA) is 164 Å². The maximum Gasteiger partial charge on any atom is 0.272 e. The number of aromatic nitrogens is 2. The lowest BCUT2D eigenvalue weighted by molar-refractivity contribution is -0.136. The summed E-state index contributed by atoms with van der Waals surface area (Å²) < 4.78 is 6.09. The van der Waals surface area contributed by atoms with Gasteiger partial charge in [0.15, 0.2) is 11.5 Å². The first-order chi connectivity index (χ1) is 28.6. The van der Waals surface area contributed by atoms with Crippen LogP contribution < -0.4 is 25.2 Å². The zero-order valence-corrected chi connectivity index (χ0v) is 34.0. The molecule has 9 rings (SSSR count). The normalized spacial score (nSPS) is 24.6. The molecule has 1 unspecified atom stereocenters. The number of nitrogens with zero attached hydrogens (tertiary/aromatic N) is 7. The molecule has 5 aliphatic heterocycles. The summed E-state index contributed by atoms with van der Waals surface area (Å²) in [7, 11) is 0. The standard InChI is InChI=1S/C44H50ClN9O5/c45-36-22-34(5-1-29(36)23-46)59-33-6-2-31(3-7-33)47-41(56)37-9-11-39(50-49-37)52-17-13-28(14-18-52)24-51-19-15-44(16-20-51)26-53(27-44)32-4-8-35-30(21-32)25-54(43(35)58)38-10-12-40(55)48-42(38)57/h1,4-5,8-9,11,21-22,28,31,33,38H,2-3,6-7,10,12-20,24-27H2,(H,47,56)(H,48,55,57). The highest BCUT2D eigenvalue weighted by Crippen LogP contribution is 2.44. The van der Waals surface area contributed by atoms with Crippen molar-refractivity contribution < 1.29 is 23.9 Å². The number of ether oxygens (including phenoxy) is 1. The average molecular weight is 820 g/mol. The molecule has 0 radical (unpaired) electrons. The smallest absolute Gasteiger partial charge is 0.272 e. The van der Waals surface area contributed by atoms with E-state index in [0.29, 0.717) is 51.9 Å². The summed E-state index contributed by atoms with van der Waals surface area (Å²) in [6.45, 7) is 7.67. The summed E-state index contributed by atoms with van der Waals surface area (Å²) in [5, 5.41) is 23.7. The van der Waals surface area contributed by atoms with Crippen molar-refractivity contribution in [2.24, 2.45) is 11.3 Å². The molecular weight excluding hydrogens is 770 g/mol. The van der Waals surface area contributed by atoms with Crippen molar-refractivity contribution in [3.05, 3.63) is 75.9 Å². The van der Waals surface area contributed by atoms with Gasteiger partial charge in [-0.05, 0) is 125 Å². The van der Waals surface area contributed by atoms with Gasteiger partial charge in [0.25, 0.3) is 11.8 Å². The van der Waals surface area contributed by atoms with E-state index in [1.165, 1.54) is 12.8 Å². The van der Waals surface area contributed by atoms with E-state index in [1.54, 1.807) is 29.2 Å². The molecule has 2 N–H and O–H groups in total. The van der Waals surface area contributed by atoms with E-state index < -0.39 is 6.04 Å². The molecule has 4 saturated heterocycles. The third kappa shape index (κ3) is 8.32. The number of anilines is 2. The zero-order valence-electron chi connectivity index (χ0n) is 33.2. The van der Waals surface area contributed by atoms with Crippen LogP contribution in [0.15, 0.2) is 48.5 Å². The highest BCUT2D eigenvalue weighted by atomic mass is 35.5. The van der Waals surface area contributed by atoms with Crippen molar-refractivity contribution in [3.63, 3.8) is 0 Å². The lowest BCUT2D eigenvalue weighted by Gasteiger charge is -2.55. The van der Waals surface area contributed by atoms with Crippen molar-refractivity contribution >= 4 is 46.7 Å². The summed E-state index contributed by atoms with van der Waals surface area (Å²) in [6, 6.07) is 16.4. The number of carbonyl (C=O) groups excluding carboxylic acids is 4. The molecule has 0 bridgehead atoms. The molecule has 6 aliphatic rings. The zero-order chi connectivity index (χ0) is 40.7. The van der Waals surface area contributed by atoms with Crippen LogP contribution in [0.5, 0.6) is 5.75 Å². The van der Waals surface area contributed by atoms with Crippen LogP contribution in [0.3, 0.4) is 0 Å². The number of piperidine rings is 3. The predicted molar refractivity (Wildman–Crippen MR) is 220 cm³/mol. The van der Waals surface area contributed by atoms with Crippen molar-refractivity contribution in [1.82, 2.24) is 30.6 Å². The van der Waals surface area contributed by atoms with Crippen LogP contribution in [0.25, 0.3) is 0 Å². The molecule has 2 aromatic carbocycles. The number of amides is 4. The first-order valence-corrected chi connectivity index (χ1v) is 21.5. The molecule has 14 nitrogen and oxygen atoms in total.